The lowest BCUT2D eigenvalue weighted by Gasteiger charge is -1.95. The fraction of sp³-hybridized carbons (Fsp3) is 0.100. The average Bonchev–Trinajstić information content (AvgIpc) is 2.61. The molecule has 0 atom stereocenters. The molecule has 2 aromatic rings. The number of hydrogen-bond acceptors (Lipinski definition) is 2. The smallest absolute Gasteiger partial charge is 0.251 e. The Labute approximate surface area is 79.9 Å². The number of pyridine rings is 1. The maximum absolute atomic E-state index is 11.3. The second-order valence-electron chi connectivity index (χ2n) is 2.83. The Morgan fingerprint density at radius 1 is 1.38 bits per heavy atom. The number of thiophene rings is 1. The van der Waals surface area contributed by atoms with Crippen molar-refractivity contribution in [3.8, 4) is 0 Å². The van der Waals surface area contributed by atoms with Gasteiger partial charge in [0.2, 0.25) is 0 Å². The zero-order valence-electron chi connectivity index (χ0n) is 6.99. The fourth-order valence-corrected chi connectivity index (χ4v) is 1.88. The lowest BCUT2D eigenvalue weighted by molar-refractivity contribution is 1.10. The Bertz CT molecular complexity index is 430. The van der Waals surface area contributed by atoms with Crippen molar-refractivity contribution in [1.82, 2.24) is 4.98 Å². The summed E-state index contributed by atoms with van der Waals surface area (Å²) in [6.07, 6.45) is 2.37. The van der Waals surface area contributed by atoms with Crippen LogP contribution in [0.4, 0.5) is 0 Å². The minimum absolute atomic E-state index is 0.00806. The molecule has 66 valence electrons. The molecule has 0 radical (unpaired) electrons. The number of aromatic amines is 1. The first-order valence-electron chi connectivity index (χ1n) is 4.04. The van der Waals surface area contributed by atoms with Crippen molar-refractivity contribution in [2.75, 3.05) is 0 Å². The summed E-state index contributed by atoms with van der Waals surface area (Å²) in [5.41, 5.74) is 2.02. The molecule has 0 bridgehead atoms. The van der Waals surface area contributed by atoms with Crippen molar-refractivity contribution in [3.63, 3.8) is 0 Å². The van der Waals surface area contributed by atoms with Crippen molar-refractivity contribution in [1.29, 1.82) is 0 Å². The number of H-pyrrole nitrogens is 1. The zero-order chi connectivity index (χ0) is 9.10. The minimum Gasteiger partial charge on any atom is -0.329 e. The summed E-state index contributed by atoms with van der Waals surface area (Å²) in [7, 11) is 0. The molecular formula is C10H9NOS. The summed E-state index contributed by atoms with van der Waals surface area (Å²) in [5, 5.41) is 4.08. The van der Waals surface area contributed by atoms with Crippen molar-refractivity contribution in [3.05, 3.63) is 56.6 Å². The van der Waals surface area contributed by atoms with Crippen LogP contribution in [0, 0.1) is 0 Å². The van der Waals surface area contributed by atoms with Crippen molar-refractivity contribution < 1.29 is 0 Å². The molecule has 3 heteroatoms. The third-order valence-electron chi connectivity index (χ3n) is 1.87. The lowest BCUT2D eigenvalue weighted by atomic mass is 10.1. The van der Waals surface area contributed by atoms with Gasteiger partial charge in [-0.05, 0) is 28.5 Å². The van der Waals surface area contributed by atoms with Gasteiger partial charge in [-0.25, -0.2) is 0 Å². The van der Waals surface area contributed by atoms with E-state index >= 15 is 0 Å². The van der Waals surface area contributed by atoms with Gasteiger partial charge in [-0.1, -0.05) is 6.07 Å². The highest BCUT2D eigenvalue weighted by atomic mass is 32.1. The average molecular weight is 191 g/mol. The van der Waals surface area contributed by atoms with Crippen LogP contribution in [0.25, 0.3) is 0 Å². The molecule has 0 saturated carbocycles. The maximum atomic E-state index is 11.3. The van der Waals surface area contributed by atoms with Crippen molar-refractivity contribution >= 4 is 11.3 Å². The molecule has 0 unspecified atom stereocenters. The van der Waals surface area contributed by atoms with Crippen LogP contribution in [0.15, 0.2) is 40.0 Å². The van der Waals surface area contributed by atoms with E-state index in [0.717, 1.165) is 12.0 Å². The van der Waals surface area contributed by atoms with E-state index in [1.165, 1.54) is 5.56 Å². The van der Waals surface area contributed by atoms with E-state index in [2.05, 4.69) is 10.4 Å². The second kappa shape index (κ2) is 3.58. The Hall–Kier alpha value is -1.35. The molecular weight excluding hydrogens is 182 g/mol. The van der Waals surface area contributed by atoms with Crippen LogP contribution < -0.4 is 5.56 Å². The van der Waals surface area contributed by atoms with E-state index in [1.807, 2.05) is 23.6 Å². The molecule has 1 N–H and O–H groups in total. The van der Waals surface area contributed by atoms with Crippen LogP contribution in [0.2, 0.25) is 0 Å². The summed E-state index contributed by atoms with van der Waals surface area (Å²) >= 11 is 1.65. The monoisotopic (exact) mass is 191 g/mol. The minimum atomic E-state index is 0.00806. The van der Waals surface area contributed by atoms with Crippen LogP contribution in [0.5, 0.6) is 0 Å². The van der Waals surface area contributed by atoms with Crippen LogP contribution >= 0.6 is 11.3 Å². The number of hydrogen-bond donors (Lipinski definition) is 1. The van der Waals surface area contributed by atoms with Gasteiger partial charge < -0.3 is 4.98 Å². The van der Waals surface area contributed by atoms with E-state index in [0.29, 0.717) is 0 Å². The van der Waals surface area contributed by atoms with E-state index in [9.17, 15) is 4.79 Å². The largest absolute Gasteiger partial charge is 0.329 e. The van der Waals surface area contributed by atoms with Crippen LogP contribution in [-0.2, 0) is 6.42 Å². The third kappa shape index (κ3) is 1.87. The Balaban J connectivity index is 2.29. The van der Waals surface area contributed by atoms with Gasteiger partial charge in [0.25, 0.3) is 5.56 Å². The van der Waals surface area contributed by atoms with Gasteiger partial charge >= 0.3 is 0 Å². The van der Waals surface area contributed by atoms with E-state index in [-0.39, 0.29) is 5.56 Å². The molecule has 0 spiro atoms. The Morgan fingerprint density at radius 3 is 3.00 bits per heavy atom. The highest BCUT2D eigenvalue weighted by Crippen LogP contribution is 2.09. The van der Waals surface area contributed by atoms with Crippen molar-refractivity contribution in [2.45, 2.75) is 6.42 Å². The molecule has 2 aromatic heterocycles. The van der Waals surface area contributed by atoms with Gasteiger partial charge in [0.05, 0.1) is 0 Å². The number of aromatic nitrogens is 1. The SMILES string of the molecule is O=c1[nH]cccc1Cc1ccsc1. The molecule has 2 rings (SSSR count). The summed E-state index contributed by atoms with van der Waals surface area (Å²) < 4.78 is 0. The standard InChI is InChI=1S/C10H9NOS/c12-10-9(2-1-4-11-10)6-8-3-5-13-7-8/h1-5,7H,6H2,(H,11,12). The number of nitrogens with one attached hydrogen (secondary N) is 1. The Morgan fingerprint density at radius 2 is 2.31 bits per heavy atom. The molecule has 2 heterocycles. The van der Waals surface area contributed by atoms with E-state index < -0.39 is 0 Å². The molecule has 0 amide bonds. The van der Waals surface area contributed by atoms with Crippen molar-refractivity contribution in [2.24, 2.45) is 0 Å². The van der Waals surface area contributed by atoms with E-state index in [1.54, 1.807) is 17.5 Å². The summed E-state index contributed by atoms with van der Waals surface area (Å²) in [5.74, 6) is 0. The Kier molecular flexibility index (Phi) is 2.27. The summed E-state index contributed by atoms with van der Waals surface area (Å²) in [4.78, 5) is 14.0. The second-order valence-corrected chi connectivity index (χ2v) is 3.61. The molecule has 0 aliphatic rings. The first kappa shape index (κ1) is 8.26. The van der Waals surface area contributed by atoms with Crippen LogP contribution in [0.1, 0.15) is 11.1 Å². The van der Waals surface area contributed by atoms with Gasteiger partial charge in [0, 0.05) is 18.2 Å². The normalized spacial score (nSPS) is 10.2. The van der Waals surface area contributed by atoms with Gasteiger partial charge in [-0.3, -0.25) is 4.79 Å². The predicted octanol–water partition coefficient (Wildman–Crippen LogP) is 2.03. The van der Waals surface area contributed by atoms with Crippen LogP contribution in [-0.4, -0.2) is 4.98 Å². The third-order valence-corrected chi connectivity index (χ3v) is 2.61. The molecule has 0 aliphatic carbocycles. The van der Waals surface area contributed by atoms with Gasteiger partial charge in [0.15, 0.2) is 0 Å². The van der Waals surface area contributed by atoms with Gasteiger partial charge in [-0.2, -0.15) is 11.3 Å². The van der Waals surface area contributed by atoms with Crippen LogP contribution in [0.3, 0.4) is 0 Å². The molecule has 0 fully saturated rings. The topological polar surface area (TPSA) is 32.9 Å². The highest BCUT2D eigenvalue weighted by Gasteiger charge is 1.99. The molecule has 0 saturated heterocycles. The van der Waals surface area contributed by atoms with Gasteiger partial charge in [-0.15, -0.1) is 0 Å². The maximum Gasteiger partial charge on any atom is 0.251 e. The quantitative estimate of drug-likeness (QED) is 0.774. The molecule has 2 nitrogen and oxygen atoms in total. The zero-order valence-corrected chi connectivity index (χ0v) is 7.80. The molecule has 0 aromatic carbocycles. The lowest BCUT2D eigenvalue weighted by Crippen LogP contribution is -2.10. The summed E-state index contributed by atoms with van der Waals surface area (Å²) in [6.45, 7) is 0. The summed E-state index contributed by atoms with van der Waals surface area (Å²) in [6, 6.07) is 5.75. The highest BCUT2D eigenvalue weighted by molar-refractivity contribution is 7.07. The van der Waals surface area contributed by atoms with Gasteiger partial charge in [0.1, 0.15) is 0 Å². The first-order chi connectivity index (χ1) is 6.36. The molecule has 13 heavy (non-hydrogen) atoms. The predicted molar refractivity (Wildman–Crippen MR) is 54.2 cm³/mol. The first-order valence-corrected chi connectivity index (χ1v) is 4.98. The van der Waals surface area contributed by atoms with E-state index in [4.69, 9.17) is 0 Å². The fourth-order valence-electron chi connectivity index (χ4n) is 1.21. The number of rotatable bonds is 2. The molecule has 0 aliphatic heterocycles.